The second kappa shape index (κ2) is 7.46. The van der Waals surface area contributed by atoms with Crippen molar-refractivity contribution in [3.05, 3.63) is 40.8 Å². The monoisotopic (exact) mass is 381 g/mol. The Hall–Kier alpha value is -3.16. The van der Waals surface area contributed by atoms with Crippen LogP contribution < -0.4 is 10.9 Å². The predicted molar refractivity (Wildman–Crippen MR) is 106 cm³/mol. The molecule has 28 heavy (non-hydrogen) atoms. The molecule has 0 radical (unpaired) electrons. The number of amides is 2. The van der Waals surface area contributed by atoms with Crippen LogP contribution in [0.1, 0.15) is 19.3 Å². The number of rotatable bonds is 6. The Bertz CT molecular complexity index is 1110. The Kier molecular flexibility index (Phi) is 4.85. The summed E-state index contributed by atoms with van der Waals surface area (Å²) in [5, 5.41) is 8.75. The molecule has 0 spiro atoms. The maximum Gasteiger partial charge on any atom is 0.291 e. The third kappa shape index (κ3) is 3.26. The number of aryl methyl sites for hydroxylation is 1. The van der Waals surface area contributed by atoms with Crippen LogP contribution in [-0.2, 0) is 23.2 Å². The molecule has 0 aliphatic carbocycles. The van der Waals surface area contributed by atoms with Crippen molar-refractivity contribution in [1.82, 2.24) is 24.6 Å². The quantitative estimate of drug-likeness (QED) is 0.646. The molecule has 3 aromatic rings. The molecular formula is C20H23N5O3. The average molecular weight is 381 g/mol. The number of likely N-dealkylation sites (tertiary alicyclic amines) is 1. The molecule has 4 rings (SSSR count). The number of carbonyl (C=O) groups excluding carboxylic acids is 2. The lowest BCUT2D eigenvalue weighted by Gasteiger charge is -2.15. The molecule has 1 aliphatic heterocycles. The number of nitrogens with one attached hydrogen (secondary N) is 1. The first-order valence-electron chi connectivity index (χ1n) is 9.54. The molecule has 0 bridgehead atoms. The van der Waals surface area contributed by atoms with Crippen LogP contribution in [0.4, 0.5) is 0 Å². The van der Waals surface area contributed by atoms with Crippen molar-refractivity contribution in [3.63, 3.8) is 0 Å². The number of aromatic nitrogens is 3. The van der Waals surface area contributed by atoms with E-state index in [4.69, 9.17) is 0 Å². The van der Waals surface area contributed by atoms with Gasteiger partial charge >= 0.3 is 0 Å². The van der Waals surface area contributed by atoms with Crippen molar-refractivity contribution in [2.75, 3.05) is 19.6 Å². The van der Waals surface area contributed by atoms with Gasteiger partial charge in [-0.25, -0.2) is 4.68 Å². The number of nitrogens with zero attached hydrogens (tertiary/aromatic N) is 4. The maximum atomic E-state index is 12.8. The zero-order valence-corrected chi connectivity index (χ0v) is 15.9. The Balaban J connectivity index is 1.43. The average Bonchev–Trinajstić information content (AvgIpc) is 3.23. The lowest BCUT2D eigenvalue weighted by Crippen LogP contribution is -2.35. The number of benzene rings is 1. The van der Waals surface area contributed by atoms with Crippen LogP contribution in [-0.4, -0.2) is 50.7 Å². The molecule has 0 atom stereocenters. The van der Waals surface area contributed by atoms with Gasteiger partial charge in [0.05, 0.1) is 6.20 Å². The van der Waals surface area contributed by atoms with Crippen LogP contribution in [0.25, 0.3) is 21.8 Å². The van der Waals surface area contributed by atoms with E-state index in [0.717, 1.165) is 29.3 Å². The van der Waals surface area contributed by atoms with Crippen LogP contribution in [0.15, 0.2) is 35.3 Å². The Morgan fingerprint density at radius 3 is 2.82 bits per heavy atom. The third-order valence-electron chi connectivity index (χ3n) is 5.30. The molecule has 1 N–H and O–H groups in total. The predicted octanol–water partition coefficient (Wildman–Crippen LogP) is 1.02. The molecule has 8 nitrogen and oxygen atoms in total. The number of hydrogen-bond acceptors (Lipinski definition) is 4. The minimum absolute atomic E-state index is 0.126. The van der Waals surface area contributed by atoms with E-state index in [1.807, 2.05) is 40.8 Å². The van der Waals surface area contributed by atoms with Crippen LogP contribution in [0.3, 0.4) is 0 Å². The fourth-order valence-electron chi connectivity index (χ4n) is 3.86. The van der Waals surface area contributed by atoms with E-state index >= 15 is 0 Å². The summed E-state index contributed by atoms with van der Waals surface area (Å²) < 4.78 is 3.04. The zero-order chi connectivity index (χ0) is 19.7. The number of hydrogen-bond donors (Lipinski definition) is 1. The van der Waals surface area contributed by atoms with Crippen LogP contribution in [0.5, 0.6) is 0 Å². The van der Waals surface area contributed by atoms with Crippen molar-refractivity contribution in [2.45, 2.75) is 25.8 Å². The second-order valence-corrected chi connectivity index (χ2v) is 7.13. The van der Waals surface area contributed by atoms with Crippen molar-refractivity contribution < 1.29 is 9.59 Å². The van der Waals surface area contributed by atoms with Gasteiger partial charge in [-0.2, -0.15) is 5.10 Å². The van der Waals surface area contributed by atoms with E-state index in [-0.39, 0.29) is 23.9 Å². The Morgan fingerprint density at radius 1 is 1.21 bits per heavy atom. The number of para-hydroxylation sites is 1. The van der Waals surface area contributed by atoms with Crippen molar-refractivity contribution >= 4 is 33.6 Å². The van der Waals surface area contributed by atoms with E-state index in [1.54, 1.807) is 6.20 Å². The number of fused-ring (bicyclic) bond motifs is 3. The minimum atomic E-state index is -0.283. The first-order chi connectivity index (χ1) is 13.6. The standard InChI is InChI=1S/C20H23N5O3/c1-23-16-7-3-2-6-14(16)15-12-22-25(20(28)19(15)23)13-17(26)21-9-5-11-24-10-4-8-18(24)27/h2-3,6-7,12H,4-5,8-11,13H2,1H3,(H,21,26). The van der Waals surface area contributed by atoms with Gasteiger partial charge in [0.2, 0.25) is 11.8 Å². The molecule has 2 aromatic heterocycles. The summed E-state index contributed by atoms with van der Waals surface area (Å²) in [4.78, 5) is 38.5. The van der Waals surface area contributed by atoms with Gasteiger partial charge in [0, 0.05) is 49.4 Å². The van der Waals surface area contributed by atoms with Gasteiger partial charge < -0.3 is 14.8 Å². The highest BCUT2D eigenvalue weighted by Crippen LogP contribution is 2.24. The lowest BCUT2D eigenvalue weighted by molar-refractivity contribution is -0.127. The van der Waals surface area contributed by atoms with Gasteiger partial charge in [0.1, 0.15) is 12.1 Å². The van der Waals surface area contributed by atoms with Crippen LogP contribution in [0, 0.1) is 0 Å². The molecule has 3 heterocycles. The molecule has 1 aliphatic rings. The van der Waals surface area contributed by atoms with Gasteiger partial charge in [0.25, 0.3) is 5.56 Å². The molecule has 2 amide bonds. The highest BCUT2D eigenvalue weighted by molar-refractivity contribution is 6.07. The molecule has 1 saturated heterocycles. The summed E-state index contributed by atoms with van der Waals surface area (Å²) >= 11 is 0. The summed E-state index contributed by atoms with van der Waals surface area (Å²) in [5.41, 5.74) is 1.21. The van der Waals surface area contributed by atoms with Crippen molar-refractivity contribution in [3.8, 4) is 0 Å². The maximum absolute atomic E-state index is 12.8. The van der Waals surface area contributed by atoms with E-state index in [0.29, 0.717) is 31.4 Å². The summed E-state index contributed by atoms with van der Waals surface area (Å²) in [6, 6.07) is 7.77. The number of carbonyl (C=O) groups is 2. The first-order valence-corrected chi connectivity index (χ1v) is 9.54. The summed E-state index contributed by atoms with van der Waals surface area (Å²) in [6.07, 6.45) is 3.88. The van der Waals surface area contributed by atoms with Gasteiger partial charge in [-0.3, -0.25) is 14.4 Å². The minimum Gasteiger partial charge on any atom is -0.354 e. The van der Waals surface area contributed by atoms with Crippen LogP contribution >= 0.6 is 0 Å². The van der Waals surface area contributed by atoms with Gasteiger partial charge in [-0.15, -0.1) is 0 Å². The summed E-state index contributed by atoms with van der Waals surface area (Å²) in [5.74, 6) is -0.0780. The molecule has 8 heteroatoms. The SMILES string of the molecule is Cn1c2ccccc2c2cnn(CC(=O)NCCCN3CCCC3=O)c(=O)c21. The van der Waals surface area contributed by atoms with E-state index in [2.05, 4.69) is 10.4 Å². The fourth-order valence-corrected chi connectivity index (χ4v) is 3.86. The van der Waals surface area contributed by atoms with Crippen molar-refractivity contribution in [1.29, 1.82) is 0 Å². The Labute approximate surface area is 161 Å². The first kappa shape index (κ1) is 18.2. The van der Waals surface area contributed by atoms with Crippen molar-refractivity contribution in [2.24, 2.45) is 7.05 Å². The molecule has 146 valence electrons. The normalized spacial score (nSPS) is 14.3. The lowest BCUT2D eigenvalue weighted by atomic mass is 10.2. The third-order valence-corrected chi connectivity index (χ3v) is 5.30. The summed E-state index contributed by atoms with van der Waals surface area (Å²) in [7, 11) is 1.84. The van der Waals surface area contributed by atoms with E-state index in [1.165, 1.54) is 4.68 Å². The van der Waals surface area contributed by atoms with E-state index < -0.39 is 0 Å². The molecule has 1 aromatic carbocycles. The molecule has 0 unspecified atom stereocenters. The van der Waals surface area contributed by atoms with Gasteiger partial charge in [-0.05, 0) is 18.9 Å². The highest BCUT2D eigenvalue weighted by atomic mass is 16.2. The molecule has 1 fully saturated rings. The van der Waals surface area contributed by atoms with Crippen LogP contribution in [0.2, 0.25) is 0 Å². The fraction of sp³-hybridized carbons (Fsp3) is 0.400. The molecule has 0 saturated carbocycles. The smallest absolute Gasteiger partial charge is 0.291 e. The second-order valence-electron chi connectivity index (χ2n) is 7.13. The van der Waals surface area contributed by atoms with Gasteiger partial charge in [0.15, 0.2) is 0 Å². The molecular weight excluding hydrogens is 358 g/mol. The highest BCUT2D eigenvalue weighted by Gasteiger charge is 2.19. The van der Waals surface area contributed by atoms with Gasteiger partial charge in [-0.1, -0.05) is 18.2 Å². The summed E-state index contributed by atoms with van der Waals surface area (Å²) in [6.45, 7) is 1.79. The Morgan fingerprint density at radius 2 is 2.04 bits per heavy atom. The zero-order valence-electron chi connectivity index (χ0n) is 15.9. The topological polar surface area (TPSA) is 89.2 Å². The van der Waals surface area contributed by atoms with E-state index in [9.17, 15) is 14.4 Å². The largest absolute Gasteiger partial charge is 0.354 e.